The van der Waals surface area contributed by atoms with Crippen molar-refractivity contribution in [2.45, 2.75) is 0 Å². The van der Waals surface area contributed by atoms with E-state index in [1.165, 1.54) is 0 Å². The maximum atomic E-state index is 10.8. The monoisotopic (exact) mass is 346 g/mol. The first kappa shape index (κ1) is 18.6. The highest BCUT2D eigenvalue weighted by molar-refractivity contribution is 7.86. The first-order valence-corrected chi connectivity index (χ1v) is 9.91. The van der Waals surface area contributed by atoms with Crippen LogP contribution in [-0.4, -0.2) is 42.6 Å². The van der Waals surface area contributed by atoms with Crippen LogP contribution < -0.4 is 0 Å². The molecule has 0 unspecified atom stereocenters. The van der Waals surface area contributed by atoms with Crippen LogP contribution in [0, 0.1) is 0 Å². The average Bonchev–Trinajstić information content (AvgIpc) is 2.39. The highest BCUT2D eigenvalue weighted by Crippen LogP contribution is 2.12. The fourth-order valence-corrected chi connectivity index (χ4v) is 2.14. The van der Waals surface area contributed by atoms with Crippen molar-refractivity contribution >= 4 is 32.4 Å². The second-order valence-electron chi connectivity index (χ2n) is 4.41. The molecule has 0 saturated heterocycles. The predicted molar refractivity (Wildman–Crippen MR) is 86.1 cm³/mol. The Hall–Kier alpha value is -1.48. The summed E-state index contributed by atoms with van der Waals surface area (Å²) >= 11 is 0. The zero-order valence-electron chi connectivity index (χ0n) is 12.3. The van der Waals surface area contributed by atoms with Crippen LogP contribution in [0.1, 0.15) is 11.1 Å². The Balaban J connectivity index is 2.69. The quantitative estimate of drug-likeness (QED) is 0.666. The molecule has 0 N–H and O–H groups in total. The van der Waals surface area contributed by atoms with Gasteiger partial charge < -0.3 is 0 Å². The van der Waals surface area contributed by atoms with Crippen LogP contribution in [0.25, 0.3) is 12.2 Å². The van der Waals surface area contributed by atoms with E-state index >= 15 is 0 Å². The molecule has 1 aromatic rings. The minimum atomic E-state index is -3.46. The third-order valence-corrected chi connectivity index (χ3v) is 3.48. The van der Waals surface area contributed by atoms with Gasteiger partial charge in [0.2, 0.25) is 0 Å². The molecule has 0 aromatic heterocycles. The SMILES string of the molecule is CS(=O)(=O)OC/C=C/c1ccccc1/C=C/COS(C)(=O)=O. The maximum absolute atomic E-state index is 10.8. The topological polar surface area (TPSA) is 86.7 Å². The number of hydrogen-bond donors (Lipinski definition) is 0. The van der Waals surface area contributed by atoms with Gasteiger partial charge in [-0.25, -0.2) is 0 Å². The molecule has 6 nitrogen and oxygen atoms in total. The van der Waals surface area contributed by atoms with Crippen LogP contribution in [0.3, 0.4) is 0 Å². The highest BCUT2D eigenvalue weighted by atomic mass is 32.2. The summed E-state index contributed by atoms with van der Waals surface area (Å²) in [6, 6.07) is 7.35. The lowest BCUT2D eigenvalue weighted by molar-refractivity contribution is 0.361. The number of benzene rings is 1. The van der Waals surface area contributed by atoms with Gasteiger partial charge in [-0.15, -0.1) is 0 Å². The summed E-state index contributed by atoms with van der Waals surface area (Å²) < 4.78 is 52.6. The van der Waals surface area contributed by atoms with Gasteiger partial charge in [0.05, 0.1) is 25.7 Å². The van der Waals surface area contributed by atoms with Crippen LogP contribution in [0.2, 0.25) is 0 Å². The first-order chi connectivity index (χ1) is 10.2. The van der Waals surface area contributed by atoms with Gasteiger partial charge in [0.15, 0.2) is 0 Å². The number of rotatable bonds is 8. The van der Waals surface area contributed by atoms with E-state index in [0.29, 0.717) is 0 Å². The van der Waals surface area contributed by atoms with Gasteiger partial charge in [-0.05, 0) is 11.1 Å². The number of hydrogen-bond acceptors (Lipinski definition) is 6. The Labute approximate surface area is 131 Å². The molecule has 0 bridgehead atoms. The average molecular weight is 346 g/mol. The van der Waals surface area contributed by atoms with Crippen LogP contribution in [0.4, 0.5) is 0 Å². The molecule has 0 spiro atoms. The Morgan fingerprint density at radius 2 is 1.18 bits per heavy atom. The van der Waals surface area contributed by atoms with Crippen molar-refractivity contribution < 1.29 is 25.2 Å². The molecule has 1 aromatic carbocycles. The van der Waals surface area contributed by atoms with E-state index in [9.17, 15) is 16.8 Å². The first-order valence-electron chi connectivity index (χ1n) is 6.28. The van der Waals surface area contributed by atoms with Crippen molar-refractivity contribution in [2.75, 3.05) is 25.7 Å². The molecule has 8 heteroatoms. The van der Waals surface area contributed by atoms with E-state index in [1.807, 2.05) is 24.3 Å². The molecule has 0 radical (unpaired) electrons. The third kappa shape index (κ3) is 8.73. The lowest BCUT2D eigenvalue weighted by Gasteiger charge is -2.01. The van der Waals surface area contributed by atoms with Gasteiger partial charge in [-0.2, -0.15) is 16.8 Å². The van der Waals surface area contributed by atoms with Gasteiger partial charge in [0, 0.05) is 0 Å². The Bertz CT molecular complexity index is 680. The molecule has 0 aliphatic heterocycles. The summed E-state index contributed by atoms with van der Waals surface area (Å²) in [4.78, 5) is 0. The van der Waals surface area contributed by atoms with Crippen molar-refractivity contribution in [1.82, 2.24) is 0 Å². The normalized spacial score (nSPS) is 13.2. The lowest BCUT2D eigenvalue weighted by atomic mass is 10.1. The summed E-state index contributed by atoms with van der Waals surface area (Å²) in [5.41, 5.74) is 1.69. The van der Waals surface area contributed by atoms with E-state index in [1.54, 1.807) is 24.3 Å². The van der Waals surface area contributed by atoms with Crippen LogP contribution in [0.15, 0.2) is 36.4 Å². The summed E-state index contributed by atoms with van der Waals surface area (Å²) in [6.45, 7) is -0.0951. The van der Waals surface area contributed by atoms with Gasteiger partial charge in [-0.3, -0.25) is 8.37 Å². The smallest absolute Gasteiger partial charge is 0.264 e. The Kier molecular flexibility index (Phi) is 6.95. The molecule has 1 rings (SSSR count). The minimum absolute atomic E-state index is 0.0475. The van der Waals surface area contributed by atoms with Gasteiger partial charge in [0.1, 0.15) is 0 Å². The summed E-state index contributed by atoms with van der Waals surface area (Å²) in [7, 11) is -6.92. The zero-order chi connectivity index (χ0) is 16.6. The molecule has 122 valence electrons. The van der Waals surface area contributed by atoms with Gasteiger partial charge in [-0.1, -0.05) is 48.6 Å². The second kappa shape index (κ2) is 8.23. The molecule has 0 aliphatic rings. The standard InChI is InChI=1S/C14H18O6S2/c1-21(15,16)19-11-5-9-13-7-3-4-8-14(13)10-6-12-20-22(2,17)18/h3-10H,11-12H2,1-2H3/b9-5+,10-6+. The van der Waals surface area contributed by atoms with Crippen molar-refractivity contribution in [2.24, 2.45) is 0 Å². The molecule has 0 fully saturated rings. The van der Waals surface area contributed by atoms with Crippen LogP contribution >= 0.6 is 0 Å². The third-order valence-electron chi connectivity index (χ3n) is 2.35. The van der Waals surface area contributed by atoms with Crippen molar-refractivity contribution in [3.05, 3.63) is 47.5 Å². The van der Waals surface area contributed by atoms with E-state index in [2.05, 4.69) is 8.37 Å². The molecule has 0 aliphatic carbocycles. The molecule has 0 heterocycles. The van der Waals surface area contributed by atoms with E-state index in [-0.39, 0.29) is 13.2 Å². The molecular weight excluding hydrogens is 328 g/mol. The van der Waals surface area contributed by atoms with E-state index < -0.39 is 20.2 Å². The second-order valence-corrected chi connectivity index (χ2v) is 7.70. The van der Waals surface area contributed by atoms with Crippen LogP contribution in [-0.2, 0) is 28.6 Å². The van der Waals surface area contributed by atoms with Crippen molar-refractivity contribution in [3.63, 3.8) is 0 Å². The summed E-state index contributed by atoms with van der Waals surface area (Å²) in [5.74, 6) is 0. The largest absolute Gasteiger partial charge is 0.266 e. The minimum Gasteiger partial charge on any atom is -0.266 e. The molecule has 22 heavy (non-hydrogen) atoms. The molecule has 0 atom stereocenters. The summed E-state index contributed by atoms with van der Waals surface area (Å²) in [5, 5.41) is 0. The van der Waals surface area contributed by atoms with E-state index in [4.69, 9.17) is 0 Å². The molecular formula is C14H18O6S2. The highest BCUT2D eigenvalue weighted by Gasteiger charge is 2.00. The van der Waals surface area contributed by atoms with Gasteiger partial charge >= 0.3 is 0 Å². The summed E-state index contributed by atoms with van der Waals surface area (Å²) in [6.07, 6.45) is 8.59. The van der Waals surface area contributed by atoms with Crippen molar-refractivity contribution in [1.29, 1.82) is 0 Å². The fourth-order valence-electron chi connectivity index (χ4n) is 1.49. The predicted octanol–water partition coefficient (Wildman–Crippen LogP) is 1.67. The maximum Gasteiger partial charge on any atom is 0.264 e. The molecule has 0 saturated carbocycles. The van der Waals surface area contributed by atoms with E-state index in [0.717, 1.165) is 23.6 Å². The fraction of sp³-hybridized carbons (Fsp3) is 0.286. The van der Waals surface area contributed by atoms with Crippen LogP contribution in [0.5, 0.6) is 0 Å². The Morgan fingerprint density at radius 3 is 1.50 bits per heavy atom. The Morgan fingerprint density at radius 1 is 0.818 bits per heavy atom. The molecule has 0 amide bonds. The van der Waals surface area contributed by atoms with Gasteiger partial charge in [0.25, 0.3) is 20.2 Å². The zero-order valence-corrected chi connectivity index (χ0v) is 13.9. The lowest BCUT2D eigenvalue weighted by Crippen LogP contribution is -2.02. The van der Waals surface area contributed by atoms with Crippen molar-refractivity contribution in [3.8, 4) is 0 Å².